The molecule has 1 aromatic rings. The summed E-state index contributed by atoms with van der Waals surface area (Å²) >= 11 is 4.79. The van der Waals surface area contributed by atoms with E-state index in [2.05, 4.69) is 54.9 Å². The van der Waals surface area contributed by atoms with Gasteiger partial charge in [-0.3, -0.25) is 5.41 Å². The van der Waals surface area contributed by atoms with Crippen LogP contribution in [0, 0.1) is 67.5 Å². The SMILES string of the molecule is CC(C)(C)C1CCC23OC(=N)C(C#N)(C2C1)C(C#N)(C#N)C(c1ccc(Br)s1)O3. The van der Waals surface area contributed by atoms with Gasteiger partial charge in [-0.25, -0.2) is 0 Å². The van der Waals surface area contributed by atoms with E-state index in [1.54, 1.807) is 6.07 Å². The summed E-state index contributed by atoms with van der Waals surface area (Å²) in [5.74, 6) is -1.72. The van der Waals surface area contributed by atoms with Crippen LogP contribution >= 0.6 is 27.3 Å². The molecule has 6 nitrogen and oxygen atoms in total. The minimum absolute atomic E-state index is 0.00268. The molecule has 0 aromatic carbocycles. The Labute approximate surface area is 182 Å². The van der Waals surface area contributed by atoms with E-state index < -0.39 is 28.6 Å². The smallest absolute Gasteiger partial charge is 0.217 e. The van der Waals surface area contributed by atoms with Crippen molar-refractivity contribution in [2.45, 2.75) is 51.9 Å². The van der Waals surface area contributed by atoms with Crippen molar-refractivity contribution in [3.05, 3.63) is 20.8 Å². The van der Waals surface area contributed by atoms with Gasteiger partial charge in [0, 0.05) is 11.3 Å². The summed E-state index contributed by atoms with van der Waals surface area (Å²) in [5.41, 5.74) is -3.54. The van der Waals surface area contributed by atoms with Crippen molar-refractivity contribution < 1.29 is 9.47 Å². The first-order valence-electron chi connectivity index (χ1n) is 9.55. The van der Waals surface area contributed by atoms with E-state index in [0.29, 0.717) is 17.7 Å². The van der Waals surface area contributed by atoms with Gasteiger partial charge in [-0.15, -0.1) is 11.3 Å². The lowest BCUT2D eigenvalue weighted by Crippen LogP contribution is -2.61. The third-order valence-electron chi connectivity index (χ3n) is 6.99. The van der Waals surface area contributed by atoms with Crippen molar-refractivity contribution >= 4 is 33.2 Å². The lowest BCUT2D eigenvalue weighted by atomic mass is 9.50. The molecule has 8 heteroatoms. The Balaban J connectivity index is 1.94. The fourth-order valence-electron chi connectivity index (χ4n) is 5.35. The lowest BCUT2D eigenvalue weighted by molar-refractivity contribution is -0.300. The van der Waals surface area contributed by atoms with Crippen molar-refractivity contribution in [3.8, 4) is 18.2 Å². The largest absolute Gasteiger partial charge is 0.447 e. The molecule has 1 aromatic heterocycles. The number of nitriles is 3. The second kappa shape index (κ2) is 6.29. The van der Waals surface area contributed by atoms with E-state index in [1.165, 1.54) is 11.3 Å². The average molecular weight is 473 g/mol. The summed E-state index contributed by atoms with van der Waals surface area (Å²) in [4.78, 5) is 0.675. The zero-order chi connectivity index (χ0) is 21.2. The molecule has 0 amide bonds. The van der Waals surface area contributed by atoms with E-state index in [1.807, 2.05) is 6.07 Å². The number of ether oxygens (including phenoxy) is 2. The fourth-order valence-corrected chi connectivity index (χ4v) is 6.87. The topological polar surface area (TPSA) is 114 Å². The second-order valence-electron chi connectivity index (χ2n) is 9.22. The number of hydrogen-bond donors (Lipinski definition) is 1. The monoisotopic (exact) mass is 472 g/mol. The van der Waals surface area contributed by atoms with Crippen LogP contribution in [0.25, 0.3) is 0 Å². The van der Waals surface area contributed by atoms with Gasteiger partial charge >= 0.3 is 0 Å². The van der Waals surface area contributed by atoms with Gasteiger partial charge in [-0.2, -0.15) is 15.8 Å². The maximum atomic E-state index is 10.4. The Bertz CT molecular complexity index is 996. The van der Waals surface area contributed by atoms with Crippen molar-refractivity contribution in [2.24, 2.45) is 28.1 Å². The summed E-state index contributed by atoms with van der Waals surface area (Å²) in [6.45, 7) is 6.46. The van der Waals surface area contributed by atoms with E-state index in [0.717, 1.165) is 10.2 Å². The highest BCUT2D eigenvalue weighted by Crippen LogP contribution is 2.71. The lowest BCUT2D eigenvalue weighted by Gasteiger charge is -2.54. The van der Waals surface area contributed by atoms with Crippen molar-refractivity contribution in [1.29, 1.82) is 21.2 Å². The molecule has 29 heavy (non-hydrogen) atoms. The molecule has 5 atom stereocenters. The first kappa shape index (κ1) is 20.4. The summed E-state index contributed by atoms with van der Waals surface area (Å²) in [6.07, 6.45) is 0.980. The number of hydrogen-bond acceptors (Lipinski definition) is 7. The molecule has 3 aliphatic rings. The number of nitrogens with one attached hydrogen (secondary N) is 1. The maximum Gasteiger partial charge on any atom is 0.217 e. The Morgan fingerprint density at radius 3 is 2.41 bits per heavy atom. The first-order valence-corrected chi connectivity index (χ1v) is 11.2. The van der Waals surface area contributed by atoms with Crippen molar-refractivity contribution in [2.75, 3.05) is 0 Å². The van der Waals surface area contributed by atoms with Gasteiger partial charge in [0.05, 0.1) is 27.9 Å². The van der Waals surface area contributed by atoms with Crippen molar-refractivity contribution in [3.63, 3.8) is 0 Å². The third-order valence-corrected chi connectivity index (χ3v) is 8.65. The molecule has 1 N–H and O–H groups in total. The van der Waals surface area contributed by atoms with Gasteiger partial charge in [-0.1, -0.05) is 20.8 Å². The standard InChI is InChI=1S/C21H21BrN4O2S/c1-18(2,3)12-6-7-21-14(8-12)20(11-25,17(26)28-21)19(9-23,10-24)16(27-21)13-4-5-15(22)29-13/h4-5,12,14,16,26H,6-8H2,1-3H3. The van der Waals surface area contributed by atoms with Crippen LogP contribution in [0.2, 0.25) is 0 Å². The summed E-state index contributed by atoms with van der Waals surface area (Å²) in [5, 5.41) is 39.5. The summed E-state index contributed by atoms with van der Waals surface area (Å²) < 4.78 is 13.3. The van der Waals surface area contributed by atoms with Gasteiger partial charge in [0.25, 0.3) is 0 Å². The summed E-state index contributed by atoms with van der Waals surface area (Å²) in [7, 11) is 0. The minimum atomic E-state index is -1.87. The minimum Gasteiger partial charge on any atom is -0.447 e. The molecule has 0 radical (unpaired) electrons. The van der Waals surface area contributed by atoms with E-state index in [9.17, 15) is 15.8 Å². The average Bonchev–Trinajstić information content (AvgIpc) is 3.18. The quantitative estimate of drug-likeness (QED) is 0.595. The molecular formula is C21H21BrN4O2S. The van der Waals surface area contributed by atoms with E-state index in [-0.39, 0.29) is 17.2 Å². The molecule has 2 aliphatic heterocycles. The van der Waals surface area contributed by atoms with Gasteiger partial charge < -0.3 is 9.47 Å². The molecule has 0 spiro atoms. The van der Waals surface area contributed by atoms with Crippen LogP contribution in [0.3, 0.4) is 0 Å². The molecule has 5 unspecified atom stereocenters. The van der Waals surface area contributed by atoms with E-state index >= 15 is 0 Å². The van der Waals surface area contributed by atoms with Crippen molar-refractivity contribution in [1.82, 2.24) is 0 Å². The molecule has 2 saturated heterocycles. The highest BCUT2D eigenvalue weighted by molar-refractivity contribution is 9.11. The molecular weight excluding hydrogens is 452 g/mol. The number of rotatable bonds is 1. The molecule has 150 valence electrons. The number of thiophene rings is 1. The van der Waals surface area contributed by atoms with Crippen LogP contribution in [0.1, 0.15) is 51.0 Å². The number of halogens is 1. The Hall–Kier alpha value is -1.92. The maximum absolute atomic E-state index is 10.4. The first-order chi connectivity index (χ1) is 13.6. The summed E-state index contributed by atoms with van der Waals surface area (Å²) in [6, 6.07) is 10.1. The second-order valence-corrected chi connectivity index (χ2v) is 11.7. The Morgan fingerprint density at radius 2 is 1.90 bits per heavy atom. The zero-order valence-corrected chi connectivity index (χ0v) is 18.9. The van der Waals surface area contributed by atoms with Crippen LogP contribution in [-0.2, 0) is 9.47 Å². The normalized spacial score (nSPS) is 37.6. The van der Waals surface area contributed by atoms with Crippen LogP contribution in [0.15, 0.2) is 15.9 Å². The zero-order valence-electron chi connectivity index (χ0n) is 16.5. The Kier molecular flexibility index (Phi) is 4.41. The predicted octanol–water partition coefficient (Wildman–Crippen LogP) is 5.29. The molecule has 1 aliphatic carbocycles. The third kappa shape index (κ3) is 2.42. The van der Waals surface area contributed by atoms with Gasteiger partial charge in [0.1, 0.15) is 6.10 Å². The van der Waals surface area contributed by atoms with Gasteiger partial charge in [0.2, 0.25) is 17.1 Å². The molecule has 3 fully saturated rings. The van der Waals surface area contributed by atoms with E-state index in [4.69, 9.17) is 14.9 Å². The number of nitrogens with zero attached hydrogens (tertiary/aromatic N) is 3. The predicted molar refractivity (Wildman–Crippen MR) is 109 cm³/mol. The molecule has 3 heterocycles. The van der Waals surface area contributed by atoms with Crippen LogP contribution in [0.4, 0.5) is 0 Å². The van der Waals surface area contributed by atoms with Gasteiger partial charge in [-0.05, 0) is 52.2 Å². The molecule has 2 bridgehead atoms. The molecule has 4 rings (SSSR count). The molecule has 1 saturated carbocycles. The van der Waals surface area contributed by atoms with Crippen LogP contribution in [0.5, 0.6) is 0 Å². The van der Waals surface area contributed by atoms with Crippen LogP contribution in [-0.4, -0.2) is 11.7 Å². The Morgan fingerprint density at radius 1 is 1.21 bits per heavy atom. The highest BCUT2D eigenvalue weighted by Gasteiger charge is 2.81. The highest BCUT2D eigenvalue weighted by atomic mass is 79.9. The van der Waals surface area contributed by atoms with Crippen LogP contribution < -0.4 is 0 Å². The fraction of sp³-hybridized carbons (Fsp3) is 0.619. The van der Waals surface area contributed by atoms with Gasteiger partial charge in [0.15, 0.2) is 5.41 Å².